The van der Waals surface area contributed by atoms with Crippen LogP contribution in [-0.2, 0) is 11.8 Å². The number of aryl methyl sites for hydroxylation is 1. The number of aromatic nitrogens is 1. The molecule has 0 saturated heterocycles. The van der Waals surface area contributed by atoms with Gasteiger partial charge in [0.2, 0.25) is 0 Å². The Labute approximate surface area is 143 Å². The number of thiophene rings is 1. The Hall–Kier alpha value is -1.88. The first kappa shape index (κ1) is 17.5. The zero-order valence-electron chi connectivity index (χ0n) is 14.4. The van der Waals surface area contributed by atoms with Crippen LogP contribution in [0.4, 0.5) is 0 Å². The molecule has 0 aliphatic rings. The normalized spacial score (nSPS) is 12.3. The molecule has 0 unspecified atom stereocenters. The summed E-state index contributed by atoms with van der Waals surface area (Å²) in [7, 11) is 1.81. The Morgan fingerprint density at radius 3 is 2.78 bits per heavy atom. The predicted molar refractivity (Wildman–Crippen MR) is 99.4 cm³/mol. The van der Waals surface area contributed by atoms with Crippen LogP contribution in [0.5, 0.6) is 0 Å². The van der Waals surface area contributed by atoms with Crippen LogP contribution in [0.25, 0.3) is 0 Å². The zero-order chi connectivity index (χ0) is 16.7. The van der Waals surface area contributed by atoms with Gasteiger partial charge in [-0.1, -0.05) is 19.9 Å². The summed E-state index contributed by atoms with van der Waals surface area (Å²) in [4.78, 5) is 9.82. The minimum Gasteiger partial charge on any atom is -0.356 e. The number of guanidine groups is 1. The summed E-state index contributed by atoms with van der Waals surface area (Å²) >= 11 is 1.80. The summed E-state index contributed by atoms with van der Waals surface area (Å²) in [5, 5.41) is 8.94. The van der Waals surface area contributed by atoms with E-state index in [-0.39, 0.29) is 5.41 Å². The number of nitrogens with zero attached hydrogens (tertiary/aromatic N) is 2. The number of rotatable bonds is 6. The lowest BCUT2D eigenvalue weighted by molar-refractivity contribution is 0.518. The summed E-state index contributed by atoms with van der Waals surface area (Å²) in [5.41, 5.74) is 2.64. The summed E-state index contributed by atoms with van der Waals surface area (Å²) in [6, 6.07) is 6.37. The zero-order valence-corrected chi connectivity index (χ0v) is 15.2. The molecule has 2 aromatic rings. The van der Waals surface area contributed by atoms with Crippen molar-refractivity contribution in [2.45, 2.75) is 32.6 Å². The van der Waals surface area contributed by atoms with Crippen molar-refractivity contribution in [2.75, 3.05) is 20.1 Å². The molecule has 2 aromatic heterocycles. The molecule has 2 heterocycles. The minimum atomic E-state index is 0.0907. The van der Waals surface area contributed by atoms with Crippen LogP contribution in [-0.4, -0.2) is 31.1 Å². The molecule has 23 heavy (non-hydrogen) atoms. The number of aliphatic imine (C=N–C) groups is 1. The fourth-order valence-corrected chi connectivity index (χ4v) is 3.23. The molecule has 0 saturated carbocycles. The highest BCUT2D eigenvalue weighted by Crippen LogP contribution is 2.26. The van der Waals surface area contributed by atoms with Crippen molar-refractivity contribution in [2.24, 2.45) is 4.99 Å². The van der Waals surface area contributed by atoms with Crippen molar-refractivity contribution in [1.29, 1.82) is 0 Å². The van der Waals surface area contributed by atoms with Crippen LogP contribution in [0.2, 0.25) is 0 Å². The second-order valence-corrected chi connectivity index (χ2v) is 7.21. The van der Waals surface area contributed by atoms with Gasteiger partial charge in [0, 0.05) is 42.8 Å². The molecule has 5 heteroatoms. The molecular weight excluding hydrogens is 304 g/mol. The molecule has 2 N–H and O–H groups in total. The second kappa shape index (κ2) is 8.11. The molecule has 0 fully saturated rings. The molecule has 0 spiro atoms. The smallest absolute Gasteiger partial charge is 0.191 e. The van der Waals surface area contributed by atoms with Crippen LogP contribution in [0.3, 0.4) is 0 Å². The van der Waals surface area contributed by atoms with Crippen LogP contribution in [0.1, 0.15) is 29.9 Å². The molecule has 0 atom stereocenters. The minimum absolute atomic E-state index is 0.0907. The monoisotopic (exact) mass is 330 g/mol. The van der Waals surface area contributed by atoms with Crippen molar-refractivity contribution in [3.63, 3.8) is 0 Å². The van der Waals surface area contributed by atoms with E-state index in [1.54, 1.807) is 11.3 Å². The fraction of sp³-hybridized carbons (Fsp3) is 0.444. The quantitative estimate of drug-likeness (QED) is 0.632. The van der Waals surface area contributed by atoms with E-state index < -0.39 is 0 Å². The van der Waals surface area contributed by atoms with E-state index >= 15 is 0 Å². The van der Waals surface area contributed by atoms with Gasteiger partial charge >= 0.3 is 0 Å². The van der Waals surface area contributed by atoms with Crippen LogP contribution in [0.15, 0.2) is 41.0 Å². The largest absolute Gasteiger partial charge is 0.356 e. The number of pyridine rings is 1. The topological polar surface area (TPSA) is 49.3 Å². The maximum Gasteiger partial charge on any atom is 0.191 e. The van der Waals surface area contributed by atoms with Crippen molar-refractivity contribution in [3.05, 3.63) is 52.0 Å². The van der Waals surface area contributed by atoms with Gasteiger partial charge in [-0.2, -0.15) is 0 Å². The van der Waals surface area contributed by atoms with E-state index in [2.05, 4.69) is 65.0 Å². The van der Waals surface area contributed by atoms with E-state index in [0.29, 0.717) is 0 Å². The Kier molecular flexibility index (Phi) is 6.16. The average Bonchev–Trinajstić information content (AvgIpc) is 3.07. The number of hydrogen-bond donors (Lipinski definition) is 2. The molecule has 0 radical (unpaired) electrons. The Morgan fingerprint density at radius 1 is 1.30 bits per heavy atom. The Bertz CT molecular complexity index is 632. The predicted octanol–water partition coefficient (Wildman–Crippen LogP) is 3.14. The third kappa shape index (κ3) is 5.06. The first-order valence-corrected chi connectivity index (χ1v) is 8.79. The van der Waals surface area contributed by atoms with Gasteiger partial charge in [-0.3, -0.25) is 9.98 Å². The van der Waals surface area contributed by atoms with Gasteiger partial charge in [0.1, 0.15) is 0 Å². The SMILES string of the molecule is CN=C(NCCc1ccncc1C)NCC(C)(C)c1cccs1. The lowest BCUT2D eigenvalue weighted by atomic mass is 9.91. The second-order valence-electron chi connectivity index (χ2n) is 6.27. The molecule has 2 rings (SSSR count). The van der Waals surface area contributed by atoms with Crippen LogP contribution in [0, 0.1) is 6.92 Å². The van der Waals surface area contributed by atoms with Gasteiger partial charge in [0.15, 0.2) is 5.96 Å². The Balaban J connectivity index is 1.81. The lowest BCUT2D eigenvalue weighted by Crippen LogP contribution is -2.43. The molecule has 0 amide bonds. The molecule has 0 aliphatic heterocycles. The third-order valence-corrected chi connectivity index (χ3v) is 5.17. The summed E-state index contributed by atoms with van der Waals surface area (Å²) < 4.78 is 0. The van der Waals surface area contributed by atoms with E-state index in [4.69, 9.17) is 0 Å². The standard InChI is InChI=1S/C18H26N4S/c1-14-12-20-9-7-15(14)8-10-21-17(19-4)22-13-18(2,3)16-6-5-11-23-16/h5-7,9,11-12H,8,10,13H2,1-4H3,(H2,19,21,22). The summed E-state index contributed by atoms with van der Waals surface area (Å²) in [5.74, 6) is 0.848. The first-order chi connectivity index (χ1) is 11.0. The van der Waals surface area contributed by atoms with Gasteiger partial charge < -0.3 is 10.6 Å². The van der Waals surface area contributed by atoms with Gasteiger partial charge in [-0.25, -0.2) is 0 Å². The van der Waals surface area contributed by atoms with E-state index in [0.717, 1.165) is 25.5 Å². The van der Waals surface area contributed by atoms with Crippen LogP contribution < -0.4 is 10.6 Å². The Morgan fingerprint density at radius 2 is 2.13 bits per heavy atom. The maximum absolute atomic E-state index is 4.31. The molecule has 124 valence electrons. The first-order valence-electron chi connectivity index (χ1n) is 7.91. The van der Waals surface area contributed by atoms with Crippen molar-refractivity contribution >= 4 is 17.3 Å². The molecule has 4 nitrogen and oxygen atoms in total. The van der Waals surface area contributed by atoms with Crippen molar-refractivity contribution in [1.82, 2.24) is 15.6 Å². The fourth-order valence-electron chi connectivity index (χ4n) is 2.37. The van der Waals surface area contributed by atoms with Gasteiger partial charge in [-0.15, -0.1) is 11.3 Å². The highest BCUT2D eigenvalue weighted by atomic mass is 32.1. The van der Waals surface area contributed by atoms with Gasteiger partial charge in [0.05, 0.1) is 0 Å². The van der Waals surface area contributed by atoms with Crippen molar-refractivity contribution < 1.29 is 0 Å². The number of hydrogen-bond acceptors (Lipinski definition) is 3. The highest BCUT2D eigenvalue weighted by molar-refractivity contribution is 7.10. The molecular formula is C18H26N4S. The van der Waals surface area contributed by atoms with Crippen molar-refractivity contribution in [3.8, 4) is 0 Å². The average molecular weight is 331 g/mol. The molecule has 0 aliphatic carbocycles. The van der Waals surface area contributed by atoms with Gasteiger partial charge in [0.25, 0.3) is 0 Å². The molecule has 0 bridgehead atoms. The van der Waals surface area contributed by atoms with E-state index in [1.807, 2.05) is 19.4 Å². The molecule has 0 aromatic carbocycles. The van der Waals surface area contributed by atoms with E-state index in [1.165, 1.54) is 16.0 Å². The third-order valence-electron chi connectivity index (χ3n) is 3.93. The van der Waals surface area contributed by atoms with Gasteiger partial charge in [-0.05, 0) is 42.0 Å². The maximum atomic E-state index is 4.31. The van der Waals surface area contributed by atoms with Crippen LogP contribution >= 0.6 is 11.3 Å². The summed E-state index contributed by atoms with van der Waals surface area (Å²) in [6.45, 7) is 8.29. The summed E-state index contributed by atoms with van der Waals surface area (Å²) in [6.07, 6.45) is 4.72. The lowest BCUT2D eigenvalue weighted by Gasteiger charge is -2.25. The van der Waals surface area contributed by atoms with E-state index in [9.17, 15) is 0 Å². The highest BCUT2D eigenvalue weighted by Gasteiger charge is 2.21. The number of nitrogens with one attached hydrogen (secondary N) is 2.